The first-order valence-corrected chi connectivity index (χ1v) is 9.12. The zero-order valence-electron chi connectivity index (χ0n) is 15.6. The molecule has 1 aromatic rings. The molecule has 0 spiro atoms. The molecule has 0 amide bonds. The molecule has 0 heterocycles. The smallest absolute Gasteiger partial charge is 0.191 e. The molecule has 25 heavy (non-hydrogen) atoms. The third-order valence-electron chi connectivity index (χ3n) is 4.25. The van der Waals surface area contributed by atoms with Gasteiger partial charge in [0, 0.05) is 26.7 Å². The molecule has 1 fully saturated rings. The number of benzene rings is 1. The van der Waals surface area contributed by atoms with E-state index in [1.807, 2.05) is 19.1 Å². The van der Waals surface area contributed by atoms with Crippen molar-refractivity contribution in [3.8, 4) is 11.5 Å². The molecule has 0 atom stereocenters. The van der Waals surface area contributed by atoms with Gasteiger partial charge in [0.1, 0.15) is 0 Å². The highest BCUT2D eigenvalue weighted by Gasteiger charge is 2.18. The van der Waals surface area contributed by atoms with E-state index in [0.717, 1.165) is 49.0 Å². The third-order valence-corrected chi connectivity index (χ3v) is 4.25. The monoisotopic (exact) mass is 349 g/mol. The molecular weight excluding hydrogens is 318 g/mol. The number of hydrogen-bond donors (Lipinski definition) is 2. The first kappa shape index (κ1) is 19.4. The van der Waals surface area contributed by atoms with Crippen molar-refractivity contribution in [1.29, 1.82) is 0 Å². The molecule has 6 heteroatoms. The lowest BCUT2D eigenvalue weighted by atomic mass is 10.2. The fourth-order valence-corrected chi connectivity index (χ4v) is 2.90. The van der Waals surface area contributed by atoms with E-state index >= 15 is 0 Å². The summed E-state index contributed by atoms with van der Waals surface area (Å²) in [4.78, 5) is 4.21. The van der Waals surface area contributed by atoms with Crippen molar-refractivity contribution in [2.24, 2.45) is 4.99 Å². The Bertz CT molecular complexity index is 543. The van der Waals surface area contributed by atoms with Crippen LogP contribution in [0.3, 0.4) is 0 Å². The maximum atomic E-state index is 6.08. The zero-order chi connectivity index (χ0) is 17.9. The largest absolute Gasteiger partial charge is 0.493 e. The fourth-order valence-electron chi connectivity index (χ4n) is 2.90. The van der Waals surface area contributed by atoms with E-state index in [1.54, 1.807) is 14.2 Å². The molecule has 0 radical (unpaired) electrons. The van der Waals surface area contributed by atoms with Gasteiger partial charge in [0.15, 0.2) is 17.5 Å². The van der Waals surface area contributed by atoms with Gasteiger partial charge in [-0.15, -0.1) is 0 Å². The number of ether oxygens (including phenoxy) is 3. The van der Waals surface area contributed by atoms with Crippen LogP contribution in [0, 0.1) is 0 Å². The van der Waals surface area contributed by atoms with Crippen molar-refractivity contribution in [3.05, 3.63) is 23.8 Å². The van der Waals surface area contributed by atoms with Gasteiger partial charge in [-0.05, 0) is 50.3 Å². The summed E-state index contributed by atoms with van der Waals surface area (Å²) in [7, 11) is 3.44. The molecular formula is C19H31N3O3. The molecule has 1 saturated carbocycles. The van der Waals surface area contributed by atoms with Gasteiger partial charge in [0.05, 0.1) is 19.8 Å². The summed E-state index contributed by atoms with van der Waals surface area (Å²) in [6, 6.07) is 6.08. The lowest BCUT2D eigenvalue weighted by molar-refractivity contribution is 0.152. The summed E-state index contributed by atoms with van der Waals surface area (Å²) in [6.45, 7) is 4.76. The van der Waals surface area contributed by atoms with E-state index in [2.05, 4.69) is 21.7 Å². The number of guanidine groups is 1. The van der Waals surface area contributed by atoms with Gasteiger partial charge in [0.2, 0.25) is 0 Å². The Labute approximate surface area is 151 Å². The molecule has 0 bridgehead atoms. The van der Waals surface area contributed by atoms with E-state index in [-0.39, 0.29) is 0 Å². The number of hydrogen-bond acceptors (Lipinski definition) is 4. The number of methoxy groups -OCH3 is 1. The zero-order valence-corrected chi connectivity index (χ0v) is 15.6. The quantitative estimate of drug-likeness (QED) is 0.408. The summed E-state index contributed by atoms with van der Waals surface area (Å²) >= 11 is 0. The molecule has 2 rings (SSSR count). The van der Waals surface area contributed by atoms with Crippen molar-refractivity contribution < 1.29 is 14.2 Å². The van der Waals surface area contributed by atoms with E-state index in [1.165, 1.54) is 12.8 Å². The Morgan fingerprint density at radius 3 is 2.68 bits per heavy atom. The minimum absolute atomic E-state index is 0.325. The summed E-state index contributed by atoms with van der Waals surface area (Å²) < 4.78 is 16.9. The number of rotatable bonds is 9. The van der Waals surface area contributed by atoms with Crippen LogP contribution >= 0.6 is 0 Å². The van der Waals surface area contributed by atoms with Crippen LogP contribution in [-0.2, 0) is 11.3 Å². The Kier molecular flexibility index (Phi) is 8.39. The third kappa shape index (κ3) is 6.46. The predicted octanol–water partition coefficient (Wildman–Crippen LogP) is 2.72. The number of nitrogens with one attached hydrogen (secondary N) is 2. The van der Waals surface area contributed by atoms with Gasteiger partial charge < -0.3 is 24.8 Å². The lowest BCUT2D eigenvalue weighted by Gasteiger charge is -2.17. The molecule has 0 aliphatic heterocycles. The highest BCUT2D eigenvalue weighted by Crippen LogP contribution is 2.32. The summed E-state index contributed by atoms with van der Waals surface area (Å²) in [6.07, 6.45) is 5.10. The second-order valence-electron chi connectivity index (χ2n) is 6.06. The van der Waals surface area contributed by atoms with Crippen LogP contribution in [0.25, 0.3) is 0 Å². The molecule has 2 N–H and O–H groups in total. The normalized spacial score (nSPS) is 15.2. The first-order valence-electron chi connectivity index (χ1n) is 9.12. The summed E-state index contributed by atoms with van der Waals surface area (Å²) in [5, 5.41) is 6.51. The Hall–Kier alpha value is -1.95. The van der Waals surface area contributed by atoms with Crippen LogP contribution in [0.4, 0.5) is 0 Å². The van der Waals surface area contributed by atoms with Crippen molar-refractivity contribution >= 4 is 5.96 Å². The molecule has 0 saturated heterocycles. The SMILES string of the molecule is CCOCCNC(=NC)NCc1ccc(OC2CCCC2)c(OC)c1. The second-order valence-corrected chi connectivity index (χ2v) is 6.06. The molecule has 6 nitrogen and oxygen atoms in total. The maximum absolute atomic E-state index is 6.08. The van der Waals surface area contributed by atoms with Crippen LogP contribution in [-0.4, -0.2) is 46.0 Å². The maximum Gasteiger partial charge on any atom is 0.191 e. The average Bonchev–Trinajstić information content (AvgIpc) is 3.15. The minimum atomic E-state index is 0.325. The summed E-state index contributed by atoms with van der Waals surface area (Å²) in [5.41, 5.74) is 1.11. The molecule has 140 valence electrons. The van der Waals surface area contributed by atoms with Crippen LogP contribution < -0.4 is 20.1 Å². The molecule has 0 unspecified atom stereocenters. The van der Waals surface area contributed by atoms with Crippen LogP contribution in [0.15, 0.2) is 23.2 Å². The number of nitrogens with zero attached hydrogens (tertiary/aromatic N) is 1. The van der Waals surface area contributed by atoms with E-state index < -0.39 is 0 Å². The van der Waals surface area contributed by atoms with E-state index in [4.69, 9.17) is 14.2 Å². The van der Waals surface area contributed by atoms with Crippen molar-refractivity contribution in [3.63, 3.8) is 0 Å². The highest BCUT2D eigenvalue weighted by atomic mass is 16.5. The highest BCUT2D eigenvalue weighted by molar-refractivity contribution is 5.79. The average molecular weight is 349 g/mol. The van der Waals surface area contributed by atoms with Gasteiger partial charge in [-0.3, -0.25) is 4.99 Å². The molecule has 0 aromatic heterocycles. The molecule has 1 aliphatic carbocycles. The van der Waals surface area contributed by atoms with Gasteiger partial charge in [-0.1, -0.05) is 6.07 Å². The topological polar surface area (TPSA) is 64.1 Å². The first-order chi connectivity index (χ1) is 12.3. The van der Waals surface area contributed by atoms with Gasteiger partial charge >= 0.3 is 0 Å². The summed E-state index contributed by atoms with van der Waals surface area (Å²) in [5.74, 6) is 2.37. The van der Waals surface area contributed by atoms with Crippen molar-refractivity contribution in [1.82, 2.24) is 10.6 Å². The van der Waals surface area contributed by atoms with E-state index in [9.17, 15) is 0 Å². The minimum Gasteiger partial charge on any atom is -0.493 e. The Morgan fingerprint density at radius 2 is 2.00 bits per heavy atom. The molecule has 1 aromatic carbocycles. The van der Waals surface area contributed by atoms with Crippen molar-refractivity contribution in [2.75, 3.05) is 33.9 Å². The van der Waals surface area contributed by atoms with Gasteiger partial charge in [-0.2, -0.15) is 0 Å². The Morgan fingerprint density at radius 1 is 1.20 bits per heavy atom. The van der Waals surface area contributed by atoms with Crippen LogP contribution in [0.5, 0.6) is 11.5 Å². The Balaban J connectivity index is 1.86. The van der Waals surface area contributed by atoms with Crippen LogP contribution in [0.1, 0.15) is 38.2 Å². The lowest BCUT2D eigenvalue weighted by Crippen LogP contribution is -2.38. The van der Waals surface area contributed by atoms with Crippen LogP contribution in [0.2, 0.25) is 0 Å². The molecule has 1 aliphatic rings. The van der Waals surface area contributed by atoms with E-state index in [0.29, 0.717) is 19.3 Å². The van der Waals surface area contributed by atoms with Gasteiger partial charge in [-0.25, -0.2) is 0 Å². The van der Waals surface area contributed by atoms with Gasteiger partial charge in [0.25, 0.3) is 0 Å². The predicted molar refractivity (Wildman–Crippen MR) is 101 cm³/mol. The second kappa shape index (κ2) is 10.8. The fraction of sp³-hybridized carbons (Fsp3) is 0.632. The van der Waals surface area contributed by atoms with Crippen molar-refractivity contribution in [2.45, 2.75) is 45.3 Å². The number of aliphatic imine (C=N–C) groups is 1. The standard InChI is InChI=1S/C19H31N3O3/c1-4-24-12-11-21-19(20-2)22-14-15-9-10-17(18(13-15)23-3)25-16-7-5-6-8-16/h9-10,13,16H,4-8,11-12,14H2,1-3H3,(H2,20,21,22).